The van der Waals surface area contributed by atoms with E-state index < -0.39 is 30.3 Å². The molecule has 1 aromatic carbocycles. The first-order valence-corrected chi connectivity index (χ1v) is 5.80. The first-order chi connectivity index (χ1) is 9.43. The number of methoxy groups -OCH3 is 1. The van der Waals surface area contributed by atoms with Crippen molar-refractivity contribution in [2.45, 2.75) is 18.9 Å². The fraction of sp³-hybridized carbons (Fsp3) is 0.308. The summed E-state index contributed by atoms with van der Waals surface area (Å²) >= 11 is 0. The first kappa shape index (κ1) is 15.5. The molecule has 0 saturated carbocycles. The molecule has 3 N–H and O–H groups in total. The molecule has 0 radical (unpaired) electrons. The maximum atomic E-state index is 11.8. The number of ether oxygens (including phenoxy) is 1. The van der Waals surface area contributed by atoms with E-state index in [4.69, 9.17) is 14.9 Å². The Kier molecular flexibility index (Phi) is 5.52. The smallest absolute Gasteiger partial charge is 0.326 e. The van der Waals surface area contributed by atoms with Crippen molar-refractivity contribution in [3.63, 3.8) is 0 Å². The highest BCUT2D eigenvalue weighted by molar-refractivity contribution is 5.87. The molecule has 7 nitrogen and oxygen atoms in total. The molecule has 0 bridgehead atoms. The second-order valence-electron chi connectivity index (χ2n) is 4.04. The molecule has 1 amide bonds. The molecule has 108 valence electrons. The number of rotatable bonds is 7. The molecule has 0 fully saturated rings. The minimum absolute atomic E-state index is 0.0899. The van der Waals surface area contributed by atoms with Gasteiger partial charge < -0.3 is 20.3 Å². The zero-order valence-electron chi connectivity index (χ0n) is 10.8. The van der Waals surface area contributed by atoms with Gasteiger partial charge in [-0.2, -0.15) is 0 Å². The van der Waals surface area contributed by atoms with Crippen molar-refractivity contribution < 1.29 is 29.3 Å². The van der Waals surface area contributed by atoms with Gasteiger partial charge in [0.05, 0.1) is 20.0 Å². The summed E-state index contributed by atoms with van der Waals surface area (Å²) in [5, 5.41) is 19.6. The first-order valence-electron chi connectivity index (χ1n) is 5.80. The molecule has 0 aliphatic rings. The van der Waals surface area contributed by atoms with Crippen molar-refractivity contribution in [1.82, 2.24) is 5.32 Å². The predicted molar refractivity (Wildman–Crippen MR) is 68.5 cm³/mol. The van der Waals surface area contributed by atoms with Crippen LogP contribution < -0.4 is 10.1 Å². The molecule has 0 unspecified atom stereocenters. The summed E-state index contributed by atoms with van der Waals surface area (Å²) in [4.78, 5) is 33.1. The number of hydrogen-bond acceptors (Lipinski definition) is 4. The summed E-state index contributed by atoms with van der Waals surface area (Å²) < 4.78 is 5.07. The lowest BCUT2D eigenvalue weighted by Gasteiger charge is -2.13. The van der Waals surface area contributed by atoms with E-state index in [1.807, 2.05) is 0 Å². The molecule has 20 heavy (non-hydrogen) atoms. The standard InChI is InChI=1S/C13H15NO6/c1-20-10-5-3-2-4-8(10)6-11(15)14-9(13(18)19)7-12(16)17/h2-5,9H,6-7H2,1H3,(H,14,15)(H,16,17)(H,18,19)/t9-/m0/s1. The molecule has 1 aromatic rings. The topological polar surface area (TPSA) is 113 Å². The largest absolute Gasteiger partial charge is 0.496 e. The number of carboxylic acid groups (broad SMARTS) is 2. The van der Waals surface area contributed by atoms with Gasteiger partial charge in [0.2, 0.25) is 5.91 Å². The monoisotopic (exact) mass is 281 g/mol. The number of aliphatic carboxylic acids is 2. The van der Waals surface area contributed by atoms with Crippen molar-refractivity contribution in [2.75, 3.05) is 7.11 Å². The quantitative estimate of drug-likeness (QED) is 0.661. The van der Waals surface area contributed by atoms with Crippen molar-refractivity contribution in [1.29, 1.82) is 0 Å². The molecule has 0 aliphatic carbocycles. The summed E-state index contributed by atoms with van der Waals surface area (Å²) in [5.74, 6) is -2.76. The summed E-state index contributed by atoms with van der Waals surface area (Å²) in [6.07, 6.45) is -0.763. The molecule has 0 aliphatic heterocycles. The maximum absolute atomic E-state index is 11.8. The zero-order valence-corrected chi connectivity index (χ0v) is 10.8. The van der Waals surface area contributed by atoms with Crippen LogP contribution in [-0.2, 0) is 20.8 Å². The molecule has 7 heteroatoms. The SMILES string of the molecule is COc1ccccc1CC(=O)N[C@@H](CC(=O)O)C(=O)O. The fourth-order valence-corrected chi connectivity index (χ4v) is 1.64. The van der Waals surface area contributed by atoms with E-state index in [1.54, 1.807) is 24.3 Å². The van der Waals surface area contributed by atoms with Gasteiger partial charge in [-0.15, -0.1) is 0 Å². The van der Waals surface area contributed by atoms with Gasteiger partial charge in [0, 0.05) is 5.56 Å². The van der Waals surface area contributed by atoms with Gasteiger partial charge in [0.1, 0.15) is 11.8 Å². The average molecular weight is 281 g/mol. The molecule has 0 heterocycles. The second kappa shape index (κ2) is 7.13. The molecule has 1 rings (SSSR count). The molecule has 0 aromatic heterocycles. The Balaban J connectivity index is 2.70. The Morgan fingerprint density at radius 3 is 2.45 bits per heavy atom. The Labute approximate surface area is 115 Å². The van der Waals surface area contributed by atoms with Crippen LogP contribution in [0.25, 0.3) is 0 Å². The highest BCUT2D eigenvalue weighted by atomic mass is 16.5. The normalized spacial score (nSPS) is 11.4. The van der Waals surface area contributed by atoms with Crippen LogP contribution >= 0.6 is 0 Å². The number of amides is 1. The van der Waals surface area contributed by atoms with Crippen LogP contribution in [0.1, 0.15) is 12.0 Å². The number of carbonyl (C=O) groups excluding carboxylic acids is 1. The van der Waals surface area contributed by atoms with E-state index in [1.165, 1.54) is 7.11 Å². The van der Waals surface area contributed by atoms with Gasteiger partial charge in [-0.1, -0.05) is 18.2 Å². The van der Waals surface area contributed by atoms with Crippen LogP contribution in [-0.4, -0.2) is 41.2 Å². The van der Waals surface area contributed by atoms with Crippen LogP contribution in [0.4, 0.5) is 0 Å². The van der Waals surface area contributed by atoms with Crippen LogP contribution in [0.2, 0.25) is 0 Å². The van der Waals surface area contributed by atoms with E-state index in [9.17, 15) is 14.4 Å². The lowest BCUT2D eigenvalue weighted by Crippen LogP contribution is -2.42. The van der Waals surface area contributed by atoms with Gasteiger partial charge in [-0.05, 0) is 6.07 Å². The summed E-state index contributed by atoms with van der Waals surface area (Å²) in [7, 11) is 1.46. The number of para-hydroxylation sites is 1. The number of hydrogen-bond donors (Lipinski definition) is 3. The minimum atomic E-state index is -1.45. The summed E-state index contributed by atoms with van der Waals surface area (Å²) in [6.45, 7) is 0. The Hall–Kier alpha value is -2.57. The van der Waals surface area contributed by atoms with Crippen LogP contribution in [0.5, 0.6) is 5.75 Å². The third kappa shape index (κ3) is 4.60. The second-order valence-corrected chi connectivity index (χ2v) is 4.04. The van der Waals surface area contributed by atoms with Crippen molar-refractivity contribution in [3.8, 4) is 5.75 Å². The predicted octanol–water partition coefficient (Wildman–Crippen LogP) is 0.282. The van der Waals surface area contributed by atoms with Crippen molar-refractivity contribution in [2.24, 2.45) is 0 Å². The van der Waals surface area contributed by atoms with Gasteiger partial charge >= 0.3 is 11.9 Å². The van der Waals surface area contributed by atoms with Crippen LogP contribution in [0, 0.1) is 0 Å². The fourth-order valence-electron chi connectivity index (χ4n) is 1.64. The van der Waals surface area contributed by atoms with E-state index in [2.05, 4.69) is 5.32 Å². The van der Waals surface area contributed by atoms with Gasteiger partial charge in [-0.3, -0.25) is 9.59 Å². The average Bonchev–Trinajstić information content (AvgIpc) is 2.37. The third-order valence-electron chi connectivity index (χ3n) is 2.56. The van der Waals surface area contributed by atoms with Crippen molar-refractivity contribution in [3.05, 3.63) is 29.8 Å². The van der Waals surface area contributed by atoms with Gasteiger partial charge in [-0.25, -0.2) is 4.79 Å². The number of carbonyl (C=O) groups is 3. The van der Waals surface area contributed by atoms with Crippen molar-refractivity contribution >= 4 is 17.8 Å². The lowest BCUT2D eigenvalue weighted by atomic mass is 10.1. The number of nitrogens with one attached hydrogen (secondary N) is 1. The molecule has 1 atom stereocenters. The van der Waals surface area contributed by atoms with Crippen LogP contribution in [0.15, 0.2) is 24.3 Å². The van der Waals surface area contributed by atoms with Crippen LogP contribution in [0.3, 0.4) is 0 Å². The zero-order chi connectivity index (χ0) is 15.1. The van der Waals surface area contributed by atoms with E-state index >= 15 is 0 Å². The highest BCUT2D eigenvalue weighted by Gasteiger charge is 2.23. The molecule has 0 spiro atoms. The van der Waals surface area contributed by atoms with Gasteiger partial charge in [0.25, 0.3) is 0 Å². The molecular formula is C13H15NO6. The van der Waals surface area contributed by atoms with E-state index in [0.717, 1.165) is 0 Å². The van der Waals surface area contributed by atoms with Gasteiger partial charge in [0.15, 0.2) is 0 Å². The highest BCUT2D eigenvalue weighted by Crippen LogP contribution is 2.17. The summed E-state index contributed by atoms with van der Waals surface area (Å²) in [6, 6.07) is 5.36. The third-order valence-corrected chi connectivity index (χ3v) is 2.56. The maximum Gasteiger partial charge on any atom is 0.326 e. The molecule has 0 saturated heterocycles. The lowest BCUT2D eigenvalue weighted by molar-refractivity contribution is -0.147. The Morgan fingerprint density at radius 2 is 1.90 bits per heavy atom. The number of benzene rings is 1. The Bertz CT molecular complexity index is 513. The summed E-state index contributed by atoms with van der Waals surface area (Å²) in [5.41, 5.74) is 0.590. The van der Waals surface area contributed by atoms with E-state index in [0.29, 0.717) is 11.3 Å². The Morgan fingerprint density at radius 1 is 1.25 bits per heavy atom. The minimum Gasteiger partial charge on any atom is -0.496 e. The molecular weight excluding hydrogens is 266 g/mol. The number of carboxylic acids is 2. The van der Waals surface area contributed by atoms with E-state index in [-0.39, 0.29) is 6.42 Å².